The summed E-state index contributed by atoms with van der Waals surface area (Å²) in [6.07, 6.45) is 0. The second-order valence-electron chi connectivity index (χ2n) is 4.62. The number of aryl methyl sites for hydroxylation is 1. The van der Waals surface area contributed by atoms with Crippen molar-refractivity contribution in [3.63, 3.8) is 0 Å². The van der Waals surface area contributed by atoms with Gasteiger partial charge in [0, 0.05) is 6.54 Å². The first kappa shape index (κ1) is 14.5. The lowest BCUT2D eigenvalue weighted by atomic mass is 10.1. The highest BCUT2D eigenvalue weighted by Crippen LogP contribution is 2.22. The SMILES string of the molecule is Cc1cccc(OCc2c(CN)nnn2CCO)c1C. The molecule has 108 valence electrons. The summed E-state index contributed by atoms with van der Waals surface area (Å²) in [5.74, 6) is 0.838. The van der Waals surface area contributed by atoms with Crippen LogP contribution in [-0.2, 0) is 19.7 Å². The molecule has 2 aromatic rings. The van der Waals surface area contributed by atoms with Gasteiger partial charge in [-0.25, -0.2) is 4.68 Å². The Hall–Kier alpha value is -1.92. The summed E-state index contributed by atoms with van der Waals surface area (Å²) >= 11 is 0. The molecule has 0 aliphatic heterocycles. The minimum Gasteiger partial charge on any atom is -0.487 e. The molecular weight excluding hydrogens is 256 g/mol. The zero-order valence-corrected chi connectivity index (χ0v) is 11.8. The number of nitrogens with two attached hydrogens (primary N) is 1. The van der Waals surface area contributed by atoms with E-state index in [0.717, 1.165) is 17.0 Å². The average molecular weight is 276 g/mol. The number of nitrogens with zero attached hydrogens (tertiary/aromatic N) is 3. The zero-order valence-electron chi connectivity index (χ0n) is 11.8. The van der Waals surface area contributed by atoms with Gasteiger partial charge in [0.2, 0.25) is 0 Å². The number of ether oxygens (including phenoxy) is 1. The van der Waals surface area contributed by atoms with Gasteiger partial charge in [0.1, 0.15) is 23.7 Å². The quantitative estimate of drug-likeness (QED) is 0.819. The molecule has 20 heavy (non-hydrogen) atoms. The summed E-state index contributed by atoms with van der Waals surface area (Å²) in [7, 11) is 0. The lowest BCUT2D eigenvalue weighted by Gasteiger charge is -2.12. The Kier molecular flexibility index (Phi) is 4.70. The normalized spacial score (nSPS) is 10.8. The van der Waals surface area contributed by atoms with Crippen molar-refractivity contribution in [3.8, 4) is 5.75 Å². The van der Waals surface area contributed by atoms with Crippen LogP contribution in [0.15, 0.2) is 18.2 Å². The molecule has 0 atom stereocenters. The maximum absolute atomic E-state index is 9.03. The molecule has 0 saturated heterocycles. The topological polar surface area (TPSA) is 86.2 Å². The van der Waals surface area contributed by atoms with Crippen LogP contribution in [0.2, 0.25) is 0 Å². The van der Waals surface area contributed by atoms with E-state index >= 15 is 0 Å². The van der Waals surface area contributed by atoms with Crippen molar-refractivity contribution < 1.29 is 9.84 Å². The molecule has 0 unspecified atom stereocenters. The zero-order chi connectivity index (χ0) is 14.5. The van der Waals surface area contributed by atoms with Gasteiger partial charge >= 0.3 is 0 Å². The van der Waals surface area contributed by atoms with Crippen molar-refractivity contribution in [1.82, 2.24) is 15.0 Å². The van der Waals surface area contributed by atoms with Crippen LogP contribution in [0, 0.1) is 13.8 Å². The Morgan fingerprint density at radius 1 is 1.35 bits per heavy atom. The van der Waals surface area contributed by atoms with Crippen LogP contribution in [0.25, 0.3) is 0 Å². The van der Waals surface area contributed by atoms with E-state index < -0.39 is 0 Å². The highest BCUT2D eigenvalue weighted by molar-refractivity contribution is 5.38. The van der Waals surface area contributed by atoms with Gasteiger partial charge in [-0.05, 0) is 31.0 Å². The van der Waals surface area contributed by atoms with Crippen LogP contribution in [-0.4, -0.2) is 26.7 Å². The third kappa shape index (κ3) is 2.97. The summed E-state index contributed by atoms with van der Waals surface area (Å²) in [6, 6.07) is 5.94. The monoisotopic (exact) mass is 276 g/mol. The van der Waals surface area contributed by atoms with Gasteiger partial charge in [0.15, 0.2) is 0 Å². The number of aromatic nitrogens is 3. The largest absolute Gasteiger partial charge is 0.487 e. The molecule has 1 aromatic heterocycles. The second kappa shape index (κ2) is 6.49. The fraction of sp³-hybridized carbons (Fsp3) is 0.429. The van der Waals surface area contributed by atoms with Gasteiger partial charge in [-0.15, -0.1) is 5.10 Å². The molecule has 0 saturated carbocycles. The van der Waals surface area contributed by atoms with Gasteiger partial charge in [-0.3, -0.25) is 0 Å². The fourth-order valence-electron chi connectivity index (χ4n) is 1.99. The van der Waals surface area contributed by atoms with E-state index in [0.29, 0.717) is 25.4 Å². The molecule has 1 aromatic carbocycles. The Morgan fingerprint density at radius 2 is 2.15 bits per heavy atom. The first-order chi connectivity index (χ1) is 9.67. The standard InChI is InChI=1S/C14H20N4O2/c1-10-4-3-5-14(11(10)2)20-9-13-12(8-15)16-17-18(13)6-7-19/h3-5,19H,6-9,15H2,1-2H3. The Labute approximate surface area is 118 Å². The van der Waals surface area contributed by atoms with Gasteiger partial charge in [0.05, 0.1) is 13.2 Å². The number of rotatable bonds is 6. The predicted molar refractivity (Wildman–Crippen MR) is 75.2 cm³/mol. The Balaban J connectivity index is 2.17. The summed E-state index contributed by atoms with van der Waals surface area (Å²) in [5.41, 5.74) is 9.45. The highest BCUT2D eigenvalue weighted by Gasteiger charge is 2.13. The van der Waals surface area contributed by atoms with Crippen LogP contribution in [0.5, 0.6) is 5.75 Å². The van der Waals surface area contributed by atoms with E-state index in [-0.39, 0.29) is 6.61 Å². The van der Waals surface area contributed by atoms with E-state index in [1.165, 1.54) is 5.56 Å². The average Bonchev–Trinajstić information content (AvgIpc) is 2.83. The summed E-state index contributed by atoms with van der Waals surface area (Å²) in [6.45, 7) is 5.10. The molecule has 0 spiro atoms. The van der Waals surface area contributed by atoms with Crippen molar-refractivity contribution >= 4 is 0 Å². The van der Waals surface area contributed by atoms with Crippen molar-refractivity contribution in [2.24, 2.45) is 5.73 Å². The van der Waals surface area contributed by atoms with Crippen LogP contribution in [0.3, 0.4) is 0 Å². The molecule has 0 fully saturated rings. The number of benzene rings is 1. The third-order valence-electron chi connectivity index (χ3n) is 3.34. The van der Waals surface area contributed by atoms with E-state index in [9.17, 15) is 0 Å². The molecule has 1 heterocycles. The molecule has 3 N–H and O–H groups in total. The lowest BCUT2D eigenvalue weighted by molar-refractivity contribution is 0.251. The predicted octanol–water partition coefficient (Wildman–Crippen LogP) is 0.925. The van der Waals surface area contributed by atoms with E-state index in [2.05, 4.69) is 10.3 Å². The smallest absolute Gasteiger partial charge is 0.132 e. The number of hydrogen-bond donors (Lipinski definition) is 2. The van der Waals surface area contributed by atoms with Gasteiger partial charge in [-0.1, -0.05) is 17.3 Å². The molecule has 6 heteroatoms. The maximum atomic E-state index is 9.03. The summed E-state index contributed by atoms with van der Waals surface area (Å²) < 4.78 is 7.49. The third-order valence-corrected chi connectivity index (χ3v) is 3.34. The molecule has 0 aliphatic carbocycles. The number of aliphatic hydroxyl groups excluding tert-OH is 1. The molecule has 0 radical (unpaired) electrons. The molecule has 6 nitrogen and oxygen atoms in total. The Bertz CT molecular complexity index is 581. The minimum atomic E-state index is 0.00381. The van der Waals surface area contributed by atoms with Gasteiger partial charge in [-0.2, -0.15) is 0 Å². The van der Waals surface area contributed by atoms with Crippen molar-refractivity contribution in [3.05, 3.63) is 40.7 Å². The highest BCUT2D eigenvalue weighted by atomic mass is 16.5. The number of hydrogen-bond acceptors (Lipinski definition) is 5. The van der Waals surface area contributed by atoms with Crippen LogP contribution in [0.1, 0.15) is 22.5 Å². The molecule has 2 rings (SSSR count). The van der Waals surface area contributed by atoms with E-state index in [1.54, 1.807) is 4.68 Å². The van der Waals surface area contributed by atoms with Crippen molar-refractivity contribution in [1.29, 1.82) is 0 Å². The van der Waals surface area contributed by atoms with Crippen molar-refractivity contribution in [2.45, 2.75) is 33.5 Å². The molecule has 0 amide bonds. The molecule has 0 bridgehead atoms. The number of aliphatic hydroxyl groups is 1. The maximum Gasteiger partial charge on any atom is 0.132 e. The van der Waals surface area contributed by atoms with E-state index in [4.69, 9.17) is 15.6 Å². The van der Waals surface area contributed by atoms with Crippen LogP contribution >= 0.6 is 0 Å². The van der Waals surface area contributed by atoms with Crippen LogP contribution in [0.4, 0.5) is 0 Å². The molecular formula is C14H20N4O2. The van der Waals surface area contributed by atoms with Crippen molar-refractivity contribution in [2.75, 3.05) is 6.61 Å². The lowest BCUT2D eigenvalue weighted by Crippen LogP contribution is -2.13. The fourth-order valence-corrected chi connectivity index (χ4v) is 1.99. The summed E-state index contributed by atoms with van der Waals surface area (Å²) in [4.78, 5) is 0. The Morgan fingerprint density at radius 3 is 2.85 bits per heavy atom. The first-order valence-corrected chi connectivity index (χ1v) is 6.58. The summed E-state index contributed by atoms with van der Waals surface area (Å²) in [5, 5.41) is 17.0. The van der Waals surface area contributed by atoms with Gasteiger partial charge < -0.3 is 15.6 Å². The van der Waals surface area contributed by atoms with Crippen LogP contribution < -0.4 is 10.5 Å². The first-order valence-electron chi connectivity index (χ1n) is 6.58. The van der Waals surface area contributed by atoms with Gasteiger partial charge in [0.25, 0.3) is 0 Å². The molecule has 0 aliphatic rings. The van der Waals surface area contributed by atoms with E-state index in [1.807, 2.05) is 32.0 Å². The minimum absolute atomic E-state index is 0.00381. The second-order valence-corrected chi connectivity index (χ2v) is 4.62.